The Morgan fingerprint density at radius 1 is 1.23 bits per heavy atom. The molecule has 1 aromatic rings. The Bertz CT molecular complexity index is 788. The molecule has 0 spiro atoms. The number of halogens is 1. The van der Waals surface area contributed by atoms with Gasteiger partial charge >= 0.3 is 0 Å². The first-order valence-corrected chi connectivity index (χ1v) is 11.2. The number of ether oxygens (including phenoxy) is 2. The van der Waals surface area contributed by atoms with E-state index in [2.05, 4.69) is 15.5 Å². The van der Waals surface area contributed by atoms with Crippen LogP contribution < -0.4 is 10.6 Å². The zero-order valence-corrected chi connectivity index (χ0v) is 18.0. The molecular weight excluding hydrogens is 401 g/mol. The van der Waals surface area contributed by atoms with Gasteiger partial charge in [-0.15, -0.1) is 0 Å². The van der Waals surface area contributed by atoms with Gasteiger partial charge < -0.3 is 20.1 Å². The van der Waals surface area contributed by atoms with Crippen LogP contribution in [0, 0.1) is 17.7 Å². The van der Waals surface area contributed by atoms with Crippen molar-refractivity contribution in [2.45, 2.75) is 50.4 Å². The molecule has 0 unspecified atom stereocenters. The number of likely N-dealkylation sites (tertiary alicyclic amines) is 1. The molecular formula is C23H32FN3O4. The van der Waals surface area contributed by atoms with Gasteiger partial charge in [-0.05, 0) is 24.8 Å². The van der Waals surface area contributed by atoms with Crippen LogP contribution in [0.3, 0.4) is 0 Å². The van der Waals surface area contributed by atoms with Crippen molar-refractivity contribution in [2.24, 2.45) is 11.8 Å². The Morgan fingerprint density at radius 3 is 2.77 bits per heavy atom. The lowest BCUT2D eigenvalue weighted by Gasteiger charge is -2.23. The molecule has 8 heteroatoms. The summed E-state index contributed by atoms with van der Waals surface area (Å²) in [5.41, 5.74) is 0.644. The fourth-order valence-corrected chi connectivity index (χ4v) is 4.94. The maximum absolute atomic E-state index is 14.3. The number of amides is 2. The highest BCUT2D eigenvalue weighted by molar-refractivity contribution is 5.77. The lowest BCUT2D eigenvalue weighted by Crippen LogP contribution is -2.36. The van der Waals surface area contributed by atoms with Crippen LogP contribution in [-0.4, -0.2) is 68.3 Å². The van der Waals surface area contributed by atoms with Gasteiger partial charge in [-0.3, -0.25) is 14.5 Å². The summed E-state index contributed by atoms with van der Waals surface area (Å²) < 4.78 is 25.3. The van der Waals surface area contributed by atoms with Crippen LogP contribution in [-0.2, 0) is 25.6 Å². The summed E-state index contributed by atoms with van der Waals surface area (Å²) in [5.74, 6) is -0.0766. The summed E-state index contributed by atoms with van der Waals surface area (Å²) in [6.45, 7) is 2.60. The third kappa shape index (κ3) is 5.61. The average Bonchev–Trinajstić information content (AvgIpc) is 3.35. The van der Waals surface area contributed by atoms with Gasteiger partial charge in [0.1, 0.15) is 5.82 Å². The highest BCUT2D eigenvalue weighted by Crippen LogP contribution is 2.42. The van der Waals surface area contributed by atoms with Crippen LogP contribution in [0.4, 0.5) is 4.39 Å². The maximum Gasteiger partial charge on any atom is 0.222 e. The number of nitrogens with one attached hydrogen (secondary N) is 2. The SMILES string of the molecule is COCCNC(=O)C[C@@H]1OC[C@@H]2[C@H]1[C@H](CC(=O)NC1CC1)CN2Cc1ccccc1F. The monoisotopic (exact) mass is 433 g/mol. The van der Waals surface area contributed by atoms with E-state index in [0.29, 0.717) is 50.9 Å². The van der Waals surface area contributed by atoms with E-state index in [1.807, 2.05) is 6.07 Å². The van der Waals surface area contributed by atoms with Crippen LogP contribution >= 0.6 is 0 Å². The topological polar surface area (TPSA) is 79.9 Å². The number of carbonyl (C=O) groups excluding carboxylic acids is 2. The van der Waals surface area contributed by atoms with E-state index in [1.54, 1.807) is 19.2 Å². The minimum Gasteiger partial charge on any atom is -0.383 e. The summed E-state index contributed by atoms with van der Waals surface area (Å²) in [7, 11) is 1.59. The standard InChI is InChI=1S/C23H32FN3O4/c1-30-9-8-25-21(28)11-20-23-16(10-22(29)26-17-6-7-17)13-27(19(23)14-31-20)12-15-4-2-3-5-18(15)24/h2-5,16-17,19-20,23H,6-14H2,1H3,(H,25,28)(H,26,29)/t16-,19-,20+,23-/m1/s1. The molecule has 0 aromatic heterocycles. The second-order valence-electron chi connectivity index (χ2n) is 8.89. The molecule has 0 radical (unpaired) electrons. The molecule has 1 aromatic carbocycles. The van der Waals surface area contributed by atoms with Crippen molar-refractivity contribution in [3.63, 3.8) is 0 Å². The average molecular weight is 434 g/mol. The molecule has 3 fully saturated rings. The summed E-state index contributed by atoms with van der Waals surface area (Å²) in [6.07, 6.45) is 2.54. The predicted octanol–water partition coefficient (Wildman–Crippen LogP) is 1.46. The van der Waals surface area contributed by atoms with E-state index in [4.69, 9.17) is 9.47 Å². The van der Waals surface area contributed by atoms with Gasteiger partial charge in [-0.25, -0.2) is 4.39 Å². The molecule has 1 aliphatic carbocycles. The van der Waals surface area contributed by atoms with Gasteiger partial charge in [-0.2, -0.15) is 0 Å². The third-order valence-corrected chi connectivity index (χ3v) is 6.57. The van der Waals surface area contributed by atoms with Crippen molar-refractivity contribution >= 4 is 11.8 Å². The van der Waals surface area contributed by atoms with E-state index >= 15 is 0 Å². The van der Waals surface area contributed by atoms with Crippen LogP contribution in [0.1, 0.15) is 31.2 Å². The Morgan fingerprint density at radius 2 is 2.03 bits per heavy atom. The Labute approximate surface area is 182 Å². The Kier molecular flexibility index (Phi) is 7.20. The molecule has 4 rings (SSSR count). The molecule has 170 valence electrons. The second kappa shape index (κ2) is 10.1. The first kappa shape index (κ1) is 22.2. The molecule has 7 nitrogen and oxygen atoms in total. The van der Waals surface area contributed by atoms with E-state index in [1.165, 1.54) is 6.07 Å². The number of methoxy groups -OCH3 is 1. The van der Waals surface area contributed by atoms with Crippen molar-refractivity contribution in [3.05, 3.63) is 35.6 Å². The fourth-order valence-electron chi connectivity index (χ4n) is 4.94. The molecule has 2 amide bonds. The summed E-state index contributed by atoms with van der Waals surface area (Å²) in [4.78, 5) is 27.1. The smallest absolute Gasteiger partial charge is 0.222 e. The lowest BCUT2D eigenvalue weighted by atomic mass is 9.84. The van der Waals surface area contributed by atoms with Crippen LogP contribution in [0.15, 0.2) is 24.3 Å². The number of hydrogen-bond donors (Lipinski definition) is 2. The highest BCUT2D eigenvalue weighted by Gasteiger charge is 2.51. The third-order valence-electron chi connectivity index (χ3n) is 6.57. The number of benzene rings is 1. The molecule has 31 heavy (non-hydrogen) atoms. The van der Waals surface area contributed by atoms with Gasteiger partial charge in [0.25, 0.3) is 0 Å². The number of carbonyl (C=O) groups is 2. The molecule has 2 aliphatic heterocycles. The Balaban J connectivity index is 1.43. The van der Waals surface area contributed by atoms with Gasteiger partial charge in [0.2, 0.25) is 11.8 Å². The molecule has 3 aliphatic rings. The van der Waals surface area contributed by atoms with E-state index in [-0.39, 0.29) is 48.0 Å². The van der Waals surface area contributed by atoms with Crippen molar-refractivity contribution in [2.75, 3.05) is 33.4 Å². The summed E-state index contributed by atoms with van der Waals surface area (Å²) in [5, 5.41) is 5.93. The normalized spacial score (nSPS) is 27.8. The van der Waals surface area contributed by atoms with Gasteiger partial charge in [-0.1, -0.05) is 18.2 Å². The number of fused-ring (bicyclic) bond motifs is 1. The molecule has 1 saturated carbocycles. The maximum atomic E-state index is 14.3. The summed E-state index contributed by atoms with van der Waals surface area (Å²) in [6, 6.07) is 7.20. The van der Waals surface area contributed by atoms with Crippen molar-refractivity contribution in [3.8, 4) is 0 Å². The van der Waals surface area contributed by atoms with Gasteiger partial charge in [0.05, 0.1) is 25.7 Å². The highest BCUT2D eigenvalue weighted by atomic mass is 19.1. The predicted molar refractivity (Wildman–Crippen MR) is 113 cm³/mol. The Hall–Kier alpha value is -2.03. The van der Waals surface area contributed by atoms with Gasteiger partial charge in [0.15, 0.2) is 0 Å². The number of hydrogen-bond acceptors (Lipinski definition) is 5. The van der Waals surface area contributed by atoms with E-state index < -0.39 is 0 Å². The summed E-state index contributed by atoms with van der Waals surface area (Å²) >= 11 is 0. The molecule has 2 N–H and O–H groups in total. The van der Waals surface area contributed by atoms with Crippen molar-refractivity contribution in [1.29, 1.82) is 0 Å². The molecule has 2 heterocycles. The van der Waals surface area contributed by atoms with E-state index in [9.17, 15) is 14.0 Å². The zero-order chi connectivity index (χ0) is 21.8. The molecule has 0 bridgehead atoms. The van der Waals surface area contributed by atoms with Crippen molar-refractivity contribution < 1.29 is 23.5 Å². The number of nitrogens with zero attached hydrogens (tertiary/aromatic N) is 1. The fraction of sp³-hybridized carbons (Fsp3) is 0.652. The van der Waals surface area contributed by atoms with Gasteiger partial charge in [0, 0.05) is 56.7 Å². The van der Waals surface area contributed by atoms with Crippen LogP contribution in [0.2, 0.25) is 0 Å². The molecule has 2 saturated heterocycles. The first-order chi connectivity index (χ1) is 15.0. The van der Waals surface area contributed by atoms with Crippen molar-refractivity contribution in [1.82, 2.24) is 15.5 Å². The van der Waals surface area contributed by atoms with E-state index in [0.717, 1.165) is 12.8 Å². The van der Waals surface area contributed by atoms with Crippen LogP contribution in [0.5, 0.6) is 0 Å². The second-order valence-corrected chi connectivity index (χ2v) is 8.89. The quantitative estimate of drug-likeness (QED) is 0.546. The molecule has 4 atom stereocenters. The largest absolute Gasteiger partial charge is 0.383 e. The minimum absolute atomic E-state index is 0.0641. The minimum atomic E-state index is -0.239. The zero-order valence-electron chi connectivity index (χ0n) is 18.0. The number of rotatable bonds is 10. The lowest BCUT2D eigenvalue weighted by molar-refractivity contribution is -0.124. The van der Waals surface area contributed by atoms with Crippen LogP contribution in [0.25, 0.3) is 0 Å². The first-order valence-electron chi connectivity index (χ1n) is 11.2.